The Labute approximate surface area is 206 Å². The third-order valence-corrected chi connectivity index (χ3v) is 8.37. The predicted molar refractivity (Wildman–Crippen MR) is 127 cm³/mol. The van der Waals surface area contributed by atoms with E-state index in [1.165, 1.54) is 35.6 Å². The van der Waals surface area contributed by atoms with E-state index in [9.17, 15) is 22.2 Å². The maximum atomic E-state index is 13.8. The van der Waals surface area contributed by atoms with Crippen LogP contribution in [0.4, 0.5) is 13.2 Å². The molecule has 1 aliphatic rings. The molecule has 35 heavy (non-hydrogen) atoms. The fourth-order valence-electron chi connectivity index (χ4n) is 3.71. The third kappa shape index (κ3) is 5.84. The SMILES string of the molecule is CC(C)(C)OC(=O)C1(S(=O)c2ccc3nc(-c4ccc(OC(F)(F)F)cc4)sc3c2)CCOCC1. The van der Waals surface area contributed by atoms with Gasteiger partial charge in [0.25, 0.3) is 0 Å². The van der Waals surface area contributed by atoms with Crippen LogP contribution in [0.2, 0.25) is 0 Å². The number of halogens is 3. The van der Waals surface area contributed by atoms with Crippen molar-refractivity contribution in [2.75, 3.05) is 13.2 Å². The Kier molecular flexibility index (Phi) is 6.96. The zero-order chi connectivity index (χ0) is 25.4. The molecule has 0 aliphatic carbocycles. The zero-order valence-corrected chi connectivity index (χ0v) is 20.9. The molecule has 1 aliphatic heterocycles. The largest absolute Gasteiger partial charge is 0.573 e. The van der Waals surface area contributed by atoms with Gasteiger partial charge in [-0.15, -0.1) is 24.5 Å². The van der Waals surface area contributed by atoms with E-state index >= 15 is 0 Å². The molecule has 0 N–H and O–H groups in total. The van der Waals surface area contributed by atoms with Gasteiger partial charge in [0, 0.05) is 23.7 Å². The average molecular weight is 528 g/mol. The monoisotopic (exact) mass is 527 g/mol. The van der Waals surface area contributed by atoms with E-state index in [-0.39, 0.29) is 18.6 Å². The number of thiazole rings is 1. The number of alkyl halides is 3. The maximum Gasteiger partial charge on any atom is 0.573 e. The molecule has 1 saturated heterocycles. The van der Waals surface area contributed by atoms with Gasteiger partial charge in [0.05, 0.1) is 21.0 Å². The summed E-state index contributed by atoms with van der Waals surface area (Å²) in [4.78, 5) is 18.2. The van der Waals surface area contributed by atoms with Crippen molar-refractivity contribution >= 4 is 38.3 Å². The Bertz CT molecular complexity index is 1240. The second-order valence-electron chi connectivity index (χ2n) is 9.10. The van der Waals surface area contributed by atoms with Gasteiger partial charge in [0.2, 0.25) is 0 Å². The Balaban J connectivity index is 1.63. The Morgan fingerprint density at radius 1 is 1.09 bits per heavy atom. The van der Waals surface area contributed by atoms with Crippen LogP contribution in [-0.4, -0.2) is 45.1 Å². The van der Waals surface area contributed by atoms with Crippen molar-refractivity contribution in [3.8, 4) is 16.3 Å². The van der Waals surface area contributed by atoms with Crippen molar-refractivity contribution in [1.82, 2.24) is 4.98 Å². The lowest BCUT2D eigenvalue weighted by atomic mass is 9.99. The molecule has 0 bridgehead atoms. The minimum absolute atomic E-state index is 0.285. The molecule has 1 unspecified atom stereocenters. The van der Waals surface area contributed by atoms with Crippen LogP contribution in [0.3, 0.4) is 0 Å². The van der Waals surface area contributed by atoms with E-state index in [1.807, 2.05) is 0 Å². The number of carbonyl (C=O) groups excluding carboxylic acids is 1. The average Bonchev–Trinajstić information content (AvgIpc) is 3.20. The normalized spacial score (nSPS) is 17.2. The highest BCUT2D eigenvalue weighted by molar-refractivity contribution is 7.87. The third-order valence-electron chi connectivity index (χ3n) is 5.34. The van der Waals surface area contributed by atoms with Crippen molar-refractivity contribution in [2.45, 2.75) is 55.2 Å². The molecule has 1 atom stereocenters. The van der Waals surface area contributed by atoms with Crippen molar-refractivity contribution in [3.63, 3.8) is 0 Å². The van der Waals surface area contributed by atoms with Gasteiger partial charge in [-0.25, -0.2) is 4.98 Å². The van der Waals surface area contributed by atoms with Crippen molar-refractivity contribution in [2.24, 2.45) is 0 Å². The minimum atomic E-state index is -4.76. The number of ether oxygens (including phenoxy) is 3. The topological polar surface area (TPSA) is 74.7 Å². The van der Waals surface area contributed by atoms with E-state index in [1.54, 1.807) is 39.0 Å². The highest BCUT2D eigenvalue weighted by Gasteiger charge is 2.49. The van der Waals surface area contributed by atoms with Gasteiger partial charge in [-0.05, 0) is 76.1 Å². The highest BCUT2D eigenvalue weighted by atomic mass is 32.2. The minimum Gasteiger partial charge on any atom is -0.459 e. The summed E-state index contributed by atoms with van der Waals surface area (Å²) in [6.45, 7) is 5.94. The molecular weight excluding hydrogens is 503 g/mol. The number of hydrogen-bond donors (Lipinski definition) is 0. The molecule has 1 aromatic heterocycles. The molecular formula is C24H24F3NO5S2. The van der Waals surface area contributed by atoms with Crippen LogP contribution in [-0.2, 0) is 25.1 Å². The van der Waals surface area contributed by atoms with E-state index in [0.29, 0.717) is 34.2 Å². The molecule has 11 heteroatoms. The molecule has 188 valence electrons. The van der Waals surface area contributed by atoms with Gasteiger partial charge in [0.1, 0.15) is 16.4 Å². The summed E-state index contributed by atoms with van der Waals surface area (Å²) < 4.78 is 65.5. The summed E-state index contributed by atoms with van der Waals surface area (Å²) in [5.74, 6) is -0.818. The van der Waals surface area contributed by atoms with Gasteiger partial charge in [-0.1, -0.05) is 0 Å². The molecule has 2 aromatic carbocycles. The maximum absolute atomic E-state index is 13.8. The van der Waals surface area contributed by atoms with Crippen molar-refractivity contribution < 1.29 is 36.4 Å². The number of benzene rings is 2. The second-order valence-corrected chi connectivity index (χ2v) is 11.9. The first-order valence-corrected chi connectivity index (χ1v) is 12.8. The molecule has 0 spiro atoms. The molecule has 1 fully saturated rings. The van der Waals surface area contributed by atoms with E-state index in [4.69, 9.17) is 9.47 Å². The number of hydrogen-bond acceptors (Lipinski definition) is 7. The Morgan fingerprint density at radius 3 is 2.34 bits per heavy atom. The first kappa shape index (κ1) is 25.6. The molecule has 6 nitrogen and oxygen atoms in total. The van der Waals surface area contributed by atoms with E-state index < -0.39 is 33.5 Å². The van der Waals surface area contributed by atoms with Gasteiger partial charge in [0.15, 0.2) is 4.75 Å². The second kappa shape index (κ2) is 9.51. The number of aromatic nitrogens is 1. The van der Waals surface area contributed by atoms with Crippen LogP contribution in [0.25, 0.3) is 20.8 Å². The number of esters is 1. The zero-order valence-electron chi connectivity index (χ0n) is 19.3. The lowest BCUT2D eigenvalue weighted by molar-refractivity contribution is -0.274. The quantitative estimate of drug-likeness (QED) is 0.387. The van der Waals surface area contributed by atoms with Gasteiger partial charge >= 0.3 is 12.3 Å². The number of fused-ring (bicyclic) bond motifs is 1. The first-order chi connectivity index (χ1) is 16.4. The highest BCUT2D eigenvalue weighted by Crippen LogP contribution is 2.37. The fourth-order valence-corrected chi connectivity index (χ4v) is 6.39. The van der Waals surface area contributed by atoms with Crippen LogP contribution in [0.15, 0.2) is 47.4 Å². The van der Waals surface area contributed by atoms with Crippen LogP contribution in [0, 0.1) is 0 Å². The lowest BCUT2D eigenvalue weighted by Crippen LogP contribution is -2.50. The molecule has 4 rings (SSSR count). The smallest absolute Gasteiger partial charge is 0.459 e. The summed E-state index contributed by atoms with van der Waals surface area (Å²) in [6, 6.07) is 10.6. The molecule has 2 heterocycles. The van der Waals surface area contributed by atoms with Crippen molar-refractivity contribution in [3.05, 3.63) is 42.5 Å². The summed E-state index contributed by atoms with van der Waals surface area (Å²) in [5.41, 5.74) is 0.557. The fraction of sp³-hybridized carbons (Fsp3) is 0.417. The van der Waals surface area contributed by atoms with E-state index in [0.717, 1.165) is 4.70 Å². The summed E-state index contributed by atoms with van der Waals surface area (Å²) in [6.07, 6.45) is -4.19. The molecule has 3 aromatic rings. The van der Waals surface area contributed by atoms with Crippen LogP contribution in [0.5, 0.6) is 5.75 Å². The van der Waals surface area contributed by atoms with Gasteiger partial charge < -0.3 is 14.2 Å². The summed E-state index contributed by atoms with van der Waals surface area (Å²) in [7, 11) is -1.70. The van der Waals surface area contributed by atoms with Crippen LogP contribution in [0.1, 0.15) is 33.6 Å². The summed E-state index contributed by atoms with van der Waals surface area (Å²) in [5, 5.41) is 0.592. The number of nitrogens with zero attached hydrogens (tertiary/aromatic N) is 1. The standard InChI is InChI=1S/C24H24F3NO5S2/c1-22(2,3)33-21(29)23(10-12-31-13-11-23)35(30)17-8-9-18-19(14-17)34-20(28-18)15-4-6-16(7-5-15)32-24(25,26)27/h4-9,14H,10-13H2,1-3H3. The number of carbonyl (C=O) groups is 1. The number of rotatable bonds is 5. The lowest BCUT2D eigenvalue weighted by Gasteiger charge is -2.36. The van der Waals surface area contributed by atoms with E-state index in [2.05, 4.69) is 9.72 Å². The Hall–Kier alpha value is -2.50. The van der Waals surface area contributed by atoms with Crippen LogP contribution >= 0.6 is 11.3 Å². The Morgan fingerprint density at radius 2 is 1.74 bits per heavy atom. The van der Waals surface area contributed by atoms with Gasteiger partial charge in [-0.3, -0.25) is 9.00 Å². The molecule has 0 saturated carbocycles. The first-order valence-electron chi connectivity index (χ1n) is 10.9. The van der Waals surface area contributed by atoms with Gasteiger partial charge in [-0.2, -0.15) is 0 Å². The predicted octanol–water partition coefficient (Wildman–Crippen LogP) is 5.86. The molecule has 0 radical (unpaired) electrons. The molecule has 0 amide bonds. The van der Waals surface area contributed by atoms with Crippen molar-refractivity contribution in [1.29, 1.82) is 0 Å². The van der Waals surface area contributed by atoms with Crippen LogP contribution < -0.4 is 4.74 Å². The summed E-state index contributed by atoms with van der Waals surface area (Å²) >= 11 is 1.32.